The summed E-state index contributed by atoms with van der Waals surface area (Å²) >= 11 is 0. The quantitative estimate of drug-likeness (QED) is 0.634. The predicted octanol–water partition coefficient (Wildman–Crippen LogP) is 5.26. The molecule has 106 valence electrons. The summed E-state index contributed by atoms with van der Waals surface area (Å²) in [5.41, 5.74) is 4.52. The number of rotatable bonds is 6. The molecule has 0 amide bonds. The number of ether oxygens (including phenoxy) is 1. The van der Waals surface area contributed by atoms with Gasteiger partial charge in [0.05, 0.1) is 6.61 Å². The van der Waals surface area contributed by atoms with E-state index in [0.717, 1.165) is 13.0 Å². The molecule has 1 nitrogen and oxygen atoms in total. The van der Waals surface area contributed by atoms with Crippen LogP contribution in [0, 0.1) is 0 Å². The predicted molar refractivity (Wildman–Crippen MR) is 82.2 cm³/mol. The van der Waals surface area contributed by atoms with Gasteiger partial charge in [0.25, 0.3) is 0 Å². The molecular formula is C18H28O. The van der Waals surface area contributed by atoms with Gasteiger partial charge in [0, 0.05) is 0 Å². The maximum atomic E-state index is 5.90. The van der Waals surface area contributed by atoms with Crippen molar-refractivity contribution in [1.29, 1.82) is 0 Å². The van der Waals surface area contributed by atoms with Gasteiger partial charge in [-0.05, 0) is 60.8 Å². The van der Waals surface area contributed by atoms with Crippen LogP contribution in [-0.4, -0.2) is 6.61 Å². The summed E-state index contributed by atoms with van der Waals surface area (Å²) in [5.74, 6) is 1.88. The first-order valence-corrected chi connectivity index (χ1v) is 8.08. The van der Waals surface area contributed by atoms with Gasteiger partial charge in [0.2, 0.25) is 0 Å². The Labute approximate surface area is 118 Å². The first-order chi connectivity index (χ1) is 9.30. The van der Waals surface area contributed by atoms with Crippen LogP contribution in [0.25, 0.3) is 0 Å². The molecular weight excluding hydrogens is 232 g/mol. The smallest absolute Gasteiger partial charge is 0.123 e. The molecule has 0 radical (unpaired) electrons. The summed E-state index contributed by atoms with van der Waals surface area (Å²) in [5, 5.41) is 0. The lowest BCUT2D eigenvalue weighted by atomic mass is 9.87. The van der Waals surface area contributed by atoms with Crippen LogP contribution >= 0.6 is 0 Å². The molecule has 1 aromatic rings. The van der Waals surface area contributed by atoms with Crippen LogP contribution < -0.4 is 4.74 Å². The molecule has 1 unspecified atom stereocenters. The van der Waals surface area contributed by atoms with Crippen LogP contribution in [0.5, 0.6) is 5.75 Å². The zero-order chi connectivity index (χ0) is 13.7. The highest BCUT2D eigenvalue weighted by molar-refractivity contribution is 5.45. The molecule has 1 heteroatoms. The lowest BCUT2D eigenvalue weighted by Gasteiger charge is -2.27. The SMILES string of the molecule is CCCCCc1cc2c(cc1CC)C(CC)CCO2. The minimum Gasteiger partial charge on any atom is -0.493 e. The van der Waals surface area contributed by atoms with Gasteiger partial charge >= 0.3 is 0 Å². The highest BCUT2D eigenvalue weighted by Crippen LogP contribution is 2.38. The van der Waals surface area contributed by atoms with Crippen LogP contribution in [0.2, 0.25) is 0 Å². The van der Waals surface area contributed by atoms with E-state index in [-0.39, 0.29) is 0 Å². The van der Waals surface area contributed by atoms with E-state index in [1.165, 1.54) is 55.4 Å². The zero-order valence-corrected chi connectivity index (χ0v) is 12.8. The second-order valence-corrected chi connectivity index (χ2v) is 5.71. The highest BCUT2D eigenvalue weighted by atomic mass is 16.5. The van der Waals surface area contributed by atoms with Crippen molar-refractivity contribution in [1.82, 2.24) is 0 Å². The maximum absolute atomic E-state index is 5.90. The summed E-state index contributed by atoms with van der Waals surface area (Å²) in [7, 11) is 0. The average Bonchev–Trinajstić information content (AvgIpc) is 2.46. The summed E-state index contributed by atoms with van der Waals surface area (Å²) in [6.07, 6.45) is 8.70. The molecule has 1 aromatic carbocycles. The van der Waals surface area contributed by atoms with Crippen molar-refractivity contribution in [2.75, 3.05) is 6.61 Å². The third kappa shape index (κ3) is 3.32. The Morgan fingerprint density at radius 3 is 2.63 bits per heavy atom. The van der Waals surface area contributed by atoms with Gasteiger partial charge in [0.15, 0.2) is 0 Å². The van der Waals surface area contributed by atoms with Gasteiger partial charge in [-0.3, -0.25) is 0 Å². The van der Waals surface area contributed by atoms with Gasteiger partial charge in [-0.15, -0.1) is 0 Å². The second-order valence-electron chi connectivity index (χ2n) is 5.71. The standard InChI is InChI=1S/C18H28O/c1-4-7-8-9-16-13-18-17(12-15(16)6-3)14(5-2)10-11-19-18/h12-14H,4-11H2,1-3H3. The largest absolute Gasteiger partial charge is 0.493 e. The molecule has 0 N–H and O–H groups in total. The highest BCUT2D eigenvalue weighted by Gasteiger charge is 2.21. The average molecular weight is 260 g/mol. The molecule has 0 saturated carbocycles. The number of hydrogen-bond donors (Lipinski definition) is 0. The molecule has 0 bridgehead atoms. The zero-order valence-electron chi connectivity index (χ0n) is 12.8. The van der Waals surface area contributed by atoms with Crippen LogP contribution in [0.3, 0.4) is 0 Å². The molecule has 19 heavy (non-hydrogen) atoms. The Bertz CT molecular complexity index is 408. The molecule has 1 atom stereocenters. The summed E-state index contributed by atoms with van der Waals surface area (Å²) < 4.78 is 5.90. The molecule has 0 aromatic heterocycles. The van der Waals surface area contributed by atoms with E-state index in [0.29, 0.717) is 5.92 Å². The first-order valence-electron chi connectivity index (χ1n) is 8.08. The van der Waals surface area contributed by atoms with Crippen molar-refractivity contribution in [3.63, 3.8) is 0 Å². The van der Waals surface area contributed by atoms with Crippen molar-refractivity contribution < 1.29 is 4.74 Å². The molecule has 0 fully saturated rings. The van der Waals surface area contributed by atoms with Crippen LogP contribution in [0.1, 0.15) is 75.5 Å². The van der Waals surface area contributed by atoms with Crippen molar-refractivity contribution in [3.8, 4) is 5.75 Å². The van der Waals surface area contributed by atoms with E-state index in [1.54, 1.807) is 5.56 Å². The normalized spacial score (nSPS) is 17.9. The van der Waals surface area contributed by atoms with Crippen molar-refractivity contribution in [2.45, 2.75) is 71.6 Å². The molecule has 1 aliphatic rings. The molecule has 1 aliphatic heterocycles. The van der Waals surface area contributed by atoms with E-state index in [2.05, 4.69) is 32.9 Å². The van der Waals surface area contributed by atoms with Crippen molar-refractivity contribution >= 4 is 0 Å². The minimum absolute atomic E-state index is 0.707. The third-order valence-corrected chi connectivity index (χ3v) is 4.42. The van der Waals surface area contributed by atoms with E-state index in [9.17, 15) is 0 Å². The van der Waals surface area contributed by atoms with E-state index >= 15 is 0 Å². The van der Waals surface area contributed by atoms with Gasteiger partial charge in [-0.2, -0.15) is 0 Å². The Balaban J connectivity index is 2.25. The third-order valence-electron chi connectivity index (χ3n) is 4.42. The molecule has 0 saturated heterocycles. The van der Waals surface area contributed by atoms with E-state index in [1.807, 2.05) is 0 Å². The molecule has 0 aliphatic carbocycles. The number of hydrogen-bond acceptors (Lipinski definition) is 1. The van der Waals surface area contributed by atoms with Crippen LogP contribution in [0.15, 0.2) is 12.1 Å². The summed E-state index contributed by atoms with van der Waals surface area (Å²) in [4.78, 5) is 0. The maximum Gasteiger partial charge on any atom is 0.123 e. The Morgan fingerprint density at radius 1 is 1.11 bits per heavy atom. The lowest BCUT2D eigenvalue weighted by Crippen LogP contribution is -2.15. The fraction of sp³-hybridized carbons (Fsp3) is 0.667. The second kappa shape index (κ2) is 6.98. The number of fused-ring (bicyclic) bond motifs is 1. The minimum atomic E-state index is 0.707. The molecule has 0 spiro atoms. The number of unbranched alkanes of at least 4 members (excludes halogenated alkanes) is 2. The van der Waals surface area contributed by atoms with Gasteiger partial charge < -0.3 is 4.74 Å². The summed E-state index contributed by atoms with van der Waals surface area (Å²) in [6, 6.07) is 4.77. The Kier molecular flexibility index (Phi) is 5.30. The van der Waals surface area contributed by atoms with Gasteiger partial charge in [-0.1, -0.05) is 39.7 Å². The fourth-order valence-corrected chi connectivity index (χ4v) is 3.15. The van der Waals surface area contributed by atoms with Crippen LogP contribution in [0.4, 0.5) is 0 Å². The van der Waals surface area contributed by atoms with Crippen molar-refractivity contribution in [2.24, 2.45) is 0 Å². The van der Waals surface area contributed by atoms with Gasteiger partial charge in [-0.25, -0.2) is 0 Å². The summed E-state index contributed by atoms with van der Waals surface area (Å²) in [6.45, 7) is 7.73. The van der Waals surface area contributed by atoms with Crippen LogP contribution in [-0.2, 0) is 12.8 Å². The molecule has 1 heterocycles. The molecule has 2 rings (SSSR count). The Morgan fingerprint density at radius 2 is 1.95 bits per heavy atom. The topological polar surface area (TPSA) is 9.23 Å². The monoisotopic (exact) mass is 260 g/mol. The van der Waals surface area contributed by atoms with E-state index in [4.69, 9.17) is 4.74 Å². The fourth-order valence-electron chi connectivity index (χ4n) is 3.15. The van der Waals surface area contributed by atoms with Gasteiger partial charge in [0.1, 0.15) is 5.75 Å². The number of aryl methyl sites for hydroxylation is 2. The lowest BCUT2D eigenvalue weighted by molar-refractivity contribution is 0.264. The Hall–Kier alpha value is -0.980. The van der Waals surface area contributed by atoms with E-state index < -0.39 is 0 Å². The van der Waals surface area contributed by atoms with Crippen molar-refractivity contribution in [3.05, 3.63) is 28.8 Å². The first kappa shape index (κ1) is 14.4. The number of benzene rings is 1.